The number of hydrogen-bond donors (Lipinski definition) is 2. The molecule has 0 aromatic carbocycles. The molecule has 4 heteroatoms. The quantitative estimate of drug-likeness (QED) is 0.803. The number of allylic oxidation sites excluding steroid dienone is 1. The van der Waals surface area contributed by atoms with Crippen molar-refractivity contribution in [2.75, 3.05) is 0 Å². The summed E-state index contributed by atoms with van der Waals surface area (Å²) in [4.78, 5) is 5.21. The predicted octanol–water partition coefficient (Wildman–Crippen LogP) is 2.13. The summed E-state index contributed by atoms with van der Waals surface area (Å²) in [6, 6.07) is 5.90. The van der Waals surface area contributed by atoms with E-state index in [1.54, 1.807) is 18.0 Å². The van der Waals surface area contributed by atoms with Crippen LogP contribution in [0.15, 0.2) is 29.3 Å². The van der Waals surface area contributed by atoms with Crippen molar-refractivity contribution in [3.05, 3.63) is 35.0 Å². The van der Waals surface area contributed by atoms with Crippen LogP contribution in [0.5, 0.6) is 0 Å². The van der Waals surface area contributed by atoms with Crippen LogP contribution >= 0.6 is 11.8 Å². The van der Waals surface area contributed by atoms with Gasteiger partial charge in [0.15, 0.2) is 0 Å². The van der Waals surface area contributed by atoms with Crippen molar-refractivity contribution in [1.82, 2.24) is 10.3 Å². The topological polar surface area (TPSA) is 50.9 Å². The molecule has 15 heavy (non-hydrogen) atoms. The van der Waals surface area contributed by atoms with Crippen molar-refractivity contribution < 1.29 is 0 Å². The minimum atomic E-state index is -0.405. The van der Waals surface area contributed by atoms with Gasteiger partial charge in [0.2, 0.25) is 0 Å². The fourth-order valence-electron chi connectivity index (χ4n) is 1.62. The Morgan fingerprint density at radius 1 is 1.53 bits per heavy atom. The molecule has 0 saturated heterocycles. The molecule has 1 aromatic rings. The average Bonchev–Trinajstić information content (AvgIpc) is 2.55. The zero-order valence-electron chi connectivity index (χ0n) is 8.95. The fourth-order valence-corrected chi connectivity index (χ4v) is 2.68. The first-order valence-electron chi connectivity index (χ1n) is 5.03. The van der Waals surface area contributed by atoms with Crippen LogP contribution in [0.4, 0.5) is 0 Å². The number of hydrogen-bond acceptors (Lipinski definition) is 4. The summed E-state index contributed by atoms with van der Waals surface area (Å²) in [6.07, 6.45) is 2.78. The van der Waals surface area contributed by atoms with Crippen LogP contribution in [0.25, 0.3) is 5.70 Å². The lowest BCUT2D eigenvalue weighted by molar-refractivity contribution is 0.630. The lowest BCUT2D eigenvalue weighted by atomic mass is 10.2. The smallest absolute Gasteiger partial charge is 0.135 e. The maximum Gasteiger partial charge on any atom is 0.135 e. The van der Waals surface area contributed by atoms with Crippen LogP contribution in [0.2, 0.25) is 0 Å². The van der Waals surface area contributed by atoms with Gasteiger partial charge in [0.25, 0.3) is 0 Å². The monoisotopic (exact) mass is 221 g/mol. The summed E-state index contributed by atoms with van der Waals surface area (Å²) in [5, 5.41) is 3.31. The molecule has 0 amide bonds. The van der Waals surface area contributed by atoms with Crippen molar-refractivity contribution in [2.45, 2.75) is 25.3 Å². The van der Waals surface area contributed by atoms with Gasteiger partial charge in [-0.15, -0.1) is 0 Å². The summed E-state index contributed by atoms with van der Waals surface area (Å²) in [5.74, 6) is 0. The van der Waals surface area contributed by atoms with E-state index in [-0.39, 0.29) is 0 Å². The maximum atomic E-state index is 6.05. The molecule has 1 aliphatic heterocycles. The highest BCUT2D eigenvalue weighted by Crippen LogP contribution is 2.40. The molecular weight excluding hydrogens is 206 g/mol. The molecule has 0 radical (unpaired) electrons. The van der Waals surface area contributed by atoms with Crippen LogP contribution in [0, 0.1) is 0 Å². The third-order valence-corrected chi connectivity index (χ3v) is 3.49. The highest BCUT2D eigenvalue weighted by molar-refractivity contribution is 8.04. The second-order valence-electron chi connectivity index (χ2n) is 3.70. The van der Waals surface area contributed by atoms with E-state index in [9.17, 15) is 0 Å². The Balaban J connectivity index is 2.36. The standard InChI is InChI=1S/C11H15N3S/c1-3-9-10(14-11(2,12)15-9)8-6-4-5-7-13-8/h4-7,14H,3,12H2,1-2H3. The largest absolute Gasteiger partial charge is 0.357 e. The number of nitrogens with zero attached hydrogens (tertiary/aromatic N) is 1. The Morgan fingerprint density at radius 2 is 2.33 bits per heavy atom. The van der Waals surface area contributed by atoms with Gasteiger partial charge in [-0.05, 0) is 25.5 Å². The number of nitrogens with one attached hydrogen (secondary N) is 1. The highest BCUT2D eigenvalue weighted by Gasteiger charge is 2.31. The van der Waals surface area contributed by atoms with Crippen LogP contribution in [0.3, 0.4) is 0 Å². The predicted molar refractivity (Wildman–Crippen MR) is 64.8 cm³/mol. The van der Waals surface area contributed by atoms with Gasteiger partial charge in [0, 0.05) is 11.1 Å². The lowest BCUT2D eigenvalue weighted by Crippen LogP contribution is -2.43. The molecule has 1 aromatic heterocycles. The van der Waals surface area contributed by atoms with Gasteiger partial charge in [-0.2, -0.15) is 0 Å². The Bertz CT molecular complexity index is 384. The third kappa shape index (κ3) is 2.16. The Morgan fingerprint density at radius 3 is 2.93 bits per heavy atom. The molecule has 3 N–H and O–H groups in total. The molecule has 2 rings (SSSR count). The molecule has 0 aliphatic carbocycles. The van der Waals surface area contributed by atoms with Crippen LogP contribution in [-0.4, -0.2) is 9.98 Å². The second kappa shape index (κ2) is 3.87. The Hall–Kier alpha value is -1.00. The third-order valence-electron chi connectivity index (χ3n) is 2.23. The van der Waals surface area contributed by atoms with Gasteiger partial charge in [0.05, 0.1) is 11.4 Å². The van der Waals surface area contributed by atoms with Crippen LogP contribution in [0.1, 0.15) is 26.0 Å². The molecular formula is C11H15N3S. The van der Waals surface area contributed by atoms with Crippen molar-refractivity contribution >= 4 is 17.5 Å². The number of nitrogens with two attached hydrogens (primary N) is 1. The van der Waals surface area contributed by atoms with Gasteiger partial charge in [0.1, 0.15) is 4.99 Å². The zero-order chi connectivity index (χ0) is 10.9. The molecule has 0 fully saturated rings. The van der Waals surface area contributed by atoms with E-state index in [0.29, 0.717) is 0 Å². The first kappa shape index (κ1) is 10.5. The number of aromatic nitrogens is 1. The van der Waals surface area contributed by atoms with E-state index < -0.39 is 4.99 Å². The van der Waals surface area contributed by atoms with E-state index in [1.165, 1.54) is 4.91 Å². The van der Waals surface area contributed by atoms with Crippen molar-refractivity contribution in [3.63, 3.8) is 0 Å². The average molecular weight is 221 g/mol. The van der Waals surface area contributed by atoms with Crippen molar-refractivity contribution in [2.24, 2.45) is 5.73 Å². The Kier molecular flexibility index (Phi) is 2.71. The van der Waals surface area contributed by atoms with Gasteiger partial charge >= 0.3 is 0 Å². The van der Waals surface area contributed by atoms with Gasteiger partial charge in [-0.25, -0.2) is 0 Å². The lowest BCUT2D eigenvalue weighted by Gasteiger charge is -2.18. The molecule has 1 unspecified atom stereocenters. The zero-order valence-corrected chi connectivity index (χ0v) is 9.77. The summed E-state index contributed by atoms with van der Waals surface area (Å²) in [7, 11) is 0. The van der Waals surface area contributed by atoms with Gasteiger partial charge in [-0.1, -0.05) is 24.8 Å². The van der Waals surface area contributed by atoms with Crippen LogP contribution < -0.4 is 11.1 Å². The fraction of sp³-hybridized carbons (Fsp3) is 0.364. The minimum Gasteiger partial charge on any atom is -0.357 e. The molecule has 1 atom stereocenters. The van der Waals surface area contributed by atoms with E-state index in [0.717, 1.165) is 17.8 Å². The van der Waals surface area contributed by atoms with Crippen molar-refractivity contribution in [3.8, 4) is 0 Å². The van der Waals surface area contributed by atoms with Crippen LogP contribution in [-0.2, 0) is 0 Å². The molecule has 3 nitrogen and oxygen atoms in total. The normalized spacial score (nSPS) is 25.5. The molecule has 2 heterocycles. The first-order valence-corrected chi connectivity index (χ1v) is 5.84. The first-order chi connectivity index (χ1) is 7.12. The summed E-state index contributed by atoms with van der Waals surface area (Å²) >= 11 is 1.68. The molecule has 1 aliphatic rings. The summed E-state index contributed by atoms with van der Waals surface area (Å²) in [6.45, 7) is 4.11. The maximum absolute atomic E-state index is 6.05. The van der Waals surface area contributed by atoms with Gasteiger partial charge < -0.3 is 11.1 Å². The highest BCUT2D eigenvalue weighted by atomic mass is 32.2. The van der Waals surface area contributed by atoms with Crippen molar-refractivity contribution in [1.29, 1.82) is 0 Å². The molecule has 0 spiro atoms. The van der Waals surface area contributed by atoms with E-state index in [2.05, 4.69) is 17.2 Å². The molecule has 0 saturated carbocycles. The van der Waals surface area contributed by atoms with E-state index in [1.807, 2.05) is 25.1 Å². The summed E-state index contributed by atoms with van der Waals surface area (Å²) < 4.78 is 0. The molecule has 0 bridgehead atoms. The second-order valence-corrected chi connectivity index (χ2v) is 5.25. The van der Waals surface area contributed by atoms with Gasteiger partial charge in [-0.3, -0.25) is 4.98 Å². The van der Waals surface area contributed by atoms with E-state index in [4.69, 9.17) is 5.73 Å². The number of rotatable bonds is 2. The minimum absolute atomic E-state index is 0.405. The Labute approximate surface area is 94.2 Å². The number of thioether (sulfide) groups is 1. The number of pyridine rings is 1. The summed E-state index contributed by atoms with van der Waals surface area (Å²) in [5.41, 5.74) is 8.10. The molecule has 80 valence electrons. The SMILES string of the molecule is CCC1=C(c2ccccn2)NC(C)(N)S1. The van der Waals surface area contributed by atoms with E-state index >= 15 is 0 Å².